The van der Waals surface area contributed by atoms with Crippen LogP contribution < -0.4 is 0 Å². The maximum absolute atomic E-state index is 2.75. The minimum atomic E-state index is -1.45. The summed E-state index contributed by atoms with van der Waals surface area (Å²) in [4.78, 5) is 0. The zero-order chi connectivity index (χ0) is 18.6. The second kappa shape index (κ2) is 6.17. The molecule has 2 radical (unpaired) electrons. The van der Waals surface area contributed by atoms with Crippen molar-refractivity contribution < 1.29 is 0 Å². The molecule has 0 spiro atoms. The van der Waals surface area contributed by atoms with E-state index in [-0.39, 0.29) is 0 Å². The summed E-state index contributed by atoms with van der Waals surface area (Å²) in [5.41, 5.74) is 0. The second-order valence-electron chi connectivity index (χ2n) is 11.6. The summed E-state index contributed by atoms with van der Waals surface area (Å²) in [6.07, 6.45) is 0. The quantitative estimate of drug-likeness (QED) is 0.443. The van der Waals surface area contributed by atoms with Crippen molar-refractivity contribution in [3.63, 3.8) is 0 Å². The topological polar surface area (TPSA) is 0 Å². The molecule has 0 rings (SSSR count). The van der Waals surface area contributed by atoms with Gasteiger partial charge in [0.2, 0.25) is 0 Å². The fourth-order valence-corrected chi connectivity index (χ4v) is 75.6. The third kappa shape index (κ3) is 3.57. The summed E-state index contributed by atoms with van der Waals surface area (Å²) < 4.78 is 0. The Morgan fingerprint density at radius 2 is 0.636 bits per heavy atom. The van der Waals surface area contributed by atoms with Crippen LogP contribution in [0, 0.1) is 0 Å². The van der Waals surface area contributed by atoms with E-state index in [4.69, 9.17) is 0 Å². The van der Waals surface area contributed by atoms with Gasteiger partial charge in [-0.2, -0.15) is 0 Å². The fourth-order valence-electron chi connectivity index (χ4n) is 4.25. The van der Waals surface area contributed by atoms with Gasteiger partial charge in [-0.15, -0.1) is 0 Å². The van der Waals surface area contributed by atoms with Crippen LogP contribution in [0.15, 0.2) is 0 Å². The molecule has 0 aromatic rings. The molecule has 0 aliphatic rings. The van der Waals surface area contributed by atoms with Crippen molar-refractivity contribution in [2.24, 2.45) is 0 Å². The van der Waals surface area contributed by atoms with Gasteiger partial charge in [-0.1, -0.05) is 0 Å². The van der Waals surface area contributed by atoms with E-state index in [1.54, 1.807) is 0 Å². The first-order valence-corrected chi connectivity index (χ1v) is 20.4. The summed E-state index contributed by atoms with van der Waals surface area (Å²) in [5.74, 6) is -0.415. The van der Waals surface area contributed by atoms with Crippen LogP contribution in [0.3, 0.4) is 0 Å². The van der Waals surface area contributed by atoms with E-state index in [0.29, 0.717) is 20.2 Å². The Morgan fingerprint density at radius 3 is 0.727 bits per heavy atom. The monoisotopic (exact) mass is 416 g/mol. The summed E-state index contributed by atoms with van der Waals surface area (Å²) in [6.45, 7) is 36.0. The molecule has 0 aliphatic carbocycles. The van der Waals surface area contributed by atoms with Gasteiger partial charge in [0.1, 0.15) is 0 Å². The van der Waals surface area contributed by atoms with Crippen LogP contribution >= 0.6 is 0 Å². The third-order valence-electron chi connectivity index (χ3n) is 7.00. The molecule has 0 aromatic carbocycles. The Morgan fingerprint density at radius 1 is 0.500 bits per heavy atom. The van der Waals surface area contributed by atoms with Gasteiger partial charge in [-0.05, 0) is 0 Å². The second-order valence-corrected chi connectivity index (χ2v) is 42.8. The Hall–Kier alpha value is 1.19. The van der Waals surface area contributed by atoms with E-state index in [1.165, 1.54) is 0 Å². The SMILES string of the molecule is CC(C)(C)[Si](C)([Si](=[Ge])[Si](C)(C(C)(C)C)C(C)(C)C)C(C)(C)C. The van der Waals surface area contributed by atoms with Crippen LogP contribution in [-0.4, -0.2) is 36.4 Å². The Labute approximate surface area is 152 Å². The molecule has 0 unspecified atom stereocenters. The van der Waals surface area contributed by atoms with Gasteiger partial charge in [-0.25, -0.2) is 0 Å². The fraction of sp³-hybridized carbons (Fsp3) is 1.00. The van der Waals surface area contributed by atoms with Crippen LogP contribution in [0.2, 0.25) is 33.2 Å². The van der Waals surface area contributed by atoms with Crippen molar-refractivity contribution in [2.45, 2.75) is 116 Å². The number of hydrogen-bond acceptors (Lipinski definition) is 0. The Kier molecular flexibility index (Phi) is 6.51. The van der Waals surface area contributed by atoms with Crippen molar-refractivity contribution in [1.82, 2.24) is 0 Å². The number of rotatable bonds is 2. The molecule has 0 aliphatic heterocycles. The molecule has 0 amide bonds. The van der Waals surface area contributed by atoms with Gasteiger partial charge < -0.3 is 0 Å². The molecular weight excluding hydrogens is 373 g/mol. The van der Waals surface area contributed by atoms with Crippen LogP contribution in [0.5, 0.6) is 0 Å². The normalized spacial score (nSPS) is 15.9. The average molecular weight is 415 g/mol. The molecule has 0 bridgehead atoms. The van der Waals surface area contributed by atoms with Gasteiger partial charge in [0, 0.05) is 0 Å². The van der Waals surface area contributed by atoms with E-state index in [2.05, 4.69) is 112 Å². The van der Waals surface area contributed by atoms with E-state index in [1.807, 2.05) is 0 Å². The molecular formula is C18H42GeSi3. The summed E-state index contributed by atoms with van der Waals surface area (Å²) in [7, 11) is -2.89. The molecule has 0 fully saturated rings. The zero-order valence-corrected chi connectivity index (χ0v) is 23.1. The summed E-state index contributed by atoms with van der Waals surface area (Å²) >= 11 is 2.75. The molecule has 0 saturated carbocycles. The summed E-state index contributed by atoms with van der Waals surface area (Å²) in [6, 6.07) is 0. The van der Waals surface area contributed by atoms with Crippen LogP contribution in [0.25, 0.3) is 0 Å². The van der Waals surface area contributed by atoms with Crippen molar-refractivity contribution in [3.05, 3.63) is 0 Å². The van der Waals surface area contributed by atoms with E-state index in [0.717, 1.165) is 0 Å². The average Bonchev–Trinajstić information content (AvgIpc) is 2.19. The minimum absolute atomic E-state index is 0.415. The zero-order valence-electron chi connectivity index (χ0n) is 18.0. The first-order valence-electron chi connectivity index (χ1n) is 8.75. The molecule has 4 heteroatoms. The van der Waals surface area contributed by atoms with Crippen molar-refractivity contribution in [2.75, 3.05) is 0 Å². The van der Waals surface area contributed by atoms with Gasteiger partial charge in [0.05, 0.1) is 0 Å². The molecule has 0 heterocycles. The summed E-state index contributed by atoms with van der Waals surface area (Å²) in [5, 5.41) is 1.89. The van der Waals surface area contributed by atoms with E-state index < -0.39 is 21.1 Å². The maximum atomic E-state index is 2.75. The Bertz CT molecular complexity index is 357. The van der Waals surface area contributed by atoms with Gasteiger partial charge in [-0.3, -0.25) is 0 Å². The van der Waals surface area contributed by atoms with Crippen molar-refractivity contribution in [3.8, 4) is 0 Å². The van der Waals surface area contributed by atoms with E-state index in [9.17, 15) is 0 Å². The Balaban J connectivity index is 6.62. The molecule has 130 valence electrons. The molecule has 0 N–H and O–H groups in total. The van der Waals surface area contributed by atoms with E-state index >= 15 is 0 Å². The first-order chi connectivity index (χ1) is 9.15. The van der Waals surface area contributed by atoms with Gasteiger partial charge in [0.15, 0.2) is 0 Å². The molecule has 22 heavy (non-hydrogen) atoms. The van der Waals surface area contributed by atoms with Crippen LogP contribution in [-0.2, 0) is 0 Å². The predicted octanol–water partition coefficient (Wildman–Crippen LogP) is 6.66. The molecule has 0 nitrogen and oxygen atoms in total. The molecule has 0 saturated heterocycles. The van der Waals surface area contributed by atoms with Crippen LogP contribution in [0.1, 0.15) is 83.1 Å². The standard InChI is InChI=1S/C18H42GeSi3/c1-15(2,3)21(13,16(4,5)6)20(19)22(14,17(7,8)9)18(10,11)12/h1-14H3. The predicted molar refractivity (Wildman–Crippen MR) is 114 cm³/mol. The first kappa shape index (κ1) is 23.2. The van der Waals surface area contributed by atoms with Crippen molar-refractivity contribution >= 4 is 36.4 Å². The molecule has 0 atom stereocenters. The van der Waals surface area contributed by atoms with Crippen molar-refractivity contribution in [1.29, 1.82) is 0 Å². The number of hydrogen-bond donors (Lipinski definition) is 0. The van der Waals surface area contributed by atoms with Gasteiger partial charge in [0.25, 0.3) is 0 Å². The third-order valence-corrected chi connectivity index (χ3v) is 63.9. The van der Waals surface area contributed by atoms with Gasteiger partial charge >= 0.3 is 153 Å². The molecule has 0 aromatic heterocycles. The van der Waals surface area contributed by atoms with Crippen LogP contribution in [0.4, 0.5) is 0 Å².